The van der Waals surface area contributed by atoms with Crippen molar-refractivity contribution in [3.63, 3.8) is 0 Å². The van der Waals surface area contributed by atoms with E-state index in [4.69, 9.17) is 5.11 Å². The summed E-state index contributed by atoms with van der Waals surface area (Å²) in [6.07, 6.45) is 1.39. The molecule has 0 radical (unpaired) electrons. The summed E-state index contributed by atoms with van der Waals surface area (Å²) in [5, 5.41) is 11.7. The van der Waals surface area contributed by atoms with Crippen LogP contribution in [0.2, 0.25) is 0 Å². The van der Waals surface area contributed by atoms with Gasteiger partial charge in [-0.2, -0.15) is 0 Å². The first kappa shape index (κ1) is 13.6. The van der Waals surface area contributed by atoms with Gasteiger partial charge in [0.1, 0.15) is 0 Å². The first-order chi connectivity index (χ1) is 9.13. The van der Waals surface area contributed by atoms with Gasteiger partial charge in [-0.1, -0.05) is 37.3 Å². The summed E-state index contributed by atoms with van der Waals surface area (Å²) in [4.78, 5) is 22.8. The standard InChI is InChI=1S/C15H19NO3/c1-2-10(15(18)19)9-16-14(17)13-8-12(13)11-6-4-3-5-7-11/h3-7,10,12-13H,2,8-9H2,1H3,(H,16,17)(H,18,19). The lowest BCUT2D eigenvalue weighted by molar-refractivity contribution is -0.141. The maximum absolute atomic E-state index is 11.9. The minimum absolute atomic E-state index is 0.00806. The summed E-state index contributed by atoms with van der Waals surface area (Å²) < 4.78 is 0. The van der Waals surface area contributed by atoms with E-state index in [1.54, 1.807) is 0 Å². The number of carbonyl (C=O) groups excluding carboxylic acids is 1. The van der Waals surface area contributed by atoms with Gasteiger partial charge >= 0.3 is 5.97 Å². The highest BCUT2D eigenvalue weighted by atomic mass is 16.4. The SMILES string of the molecule is CCC(CNC(=O)C1CC1c1ccccc1)C(=O)O. The molecule has 0 saturated heterocycles. The molecule has 1 aromatic carbocycles. The fraction of sp³-hybridized carbons (Fsp3) is 0.467. The highest BCUT2D eigenvalue weighted by Crippen LogP contribution is 2.47. The van der Waals surface area contributed by atoms with E-state index in [-0.39, 0.29) is 18.4 Å². The van der Waals surface area contributed by atoms with Gasteiger partial charge < -0.3 is 10.4 Å². The van der Waals surface area contributed by atoms with Crippen molar-refractivity contribution < 1.29 is 14.7 Å². The third-order valence-corrected chi connectivity index (χ3v) is 3.72. The van der Waals surface area contributed by atoms with Gasteiger partial charge in [0.2, 0.25) is 5.91 Å². The summed E-state index contributed by atoms with van der Waals surface area (Å²) in [6.45, 7) is 2.04. The van der Waals surface area contributed by atoms with E-state index >= 15 is 0 Å². The van der Waals surface area contributed by atoms with E-state index < -0.39 is 11.9 Å². The average Bonchev–Trinajstić information content (AvgIpc) is 3.20. The monoisotopic (exact) mass is 261 g/mol. The molecule has 0 bridgehead atoms. The molecule has 2 N–H and O–H groups in total. The van der Waals surface area contributed by atoms with Crippen LogP contribution >= 0.6 is 0 Å². The predicted octanol–water partition coefficient (Wildman–Crippen LogP) is 2.02. The average molecular weight is 261 g/mol. The van der Waals surface area contributed by atoms with Crippen molar-refractivity contribution >= 4 is 11.9 Å². The Balaban J connectivity index is 1.82. The zero-order valence-corrected chi connectivity index (χ0v) is 11.0. The zero-order chi connectivity index (χ0) is 13.8. The lowest BCUT2D eigenvalue weighted by atomic mass is 10.1. The third-order valence-electron chi connectivity index (χ3n) is 3.72. The molecule has 19 heavy (non-hydrogen) atoms. The Kier molecular flexibility index (Phi) is 4.20. The van der Waals surface area contributed by atoms with Crippen molar-refractivity contribution in [2.24, 2.45) is 11.8 Å². The van der Waals surface area contributed by atoms with Gasteiger partial charge in [0.25, 0.3) is 0 Å². The van der Waals surface area contributed by atoms with Crippen molar-refractivity contribution in [1.82, 2.24) is 5.32 Å². The van der Waals surface area contributed by atoms with E-state index in [1.807, 2.05) is 37.3 Å². The van der Waals surface area contributed by atoms with Crippen molar-refractivity contribution in [3.05, 3.63) is 35.9 Å². The van der Waals surface area contributed by atoms with Gasteiger partial charge in [-0.05, 0) is 24.3 Å². The van der Waals surface area contributed by atoms with Crippen LogP contribution in [0.3, 0.4) is 0 Å². The molecule has 0 aliphatic heterocycles. The summed E-state index contributed by atoms with van der Waals surface area (Å²) in [5.74, 6) is -1.05. The van der Waals surface area contributed by atoms with Gasteiger partial charge in [0.15, 0.2) is 0 Å². The maximum Gasteiger partial charge on any atom is 0.308 e. The number of hydrogen-bond acceptors (Lipinski definition) is 2. The number of nitrogens with one attached hydrogen (secondary N) is 1. The second kappa shape index (κ2) is 5.87. The van der Waals surface area contributed by atoms with Gasteiger partial charge in [0, 0.05) is 12.5 Å². The summed E-state index contributed by atoms with van der Waals surface area (Å²) in [7, 11) is 0. The van der Waals surface area contributed by atoms with Crippen molar-refractivity contribution in [2.75, 3.05) is 6.54 Å². The normalized spacial score (nSPS) is 22.6. The van der Waals surface area contributed by atoms with E-state index in [0.717, 1.165) is 6.42 Å². The topological polar surface area (TPSA) is 66.4 Å². The number of carbonyl (C=O) groups is 2. The second-order valence-electron chi connectivity index (χ2n) is 5.05. The molecule has 1 aliphatic carbocycles. The highest BCUT2D eigenvalue weighted by molar-refractivity contribution is 5.83. The predicted molar refractivity (Wildman–Crippen MR) is 71.7 cm³/mol. The quantitative estimate of drug-likeness (QED) is 0.823. The molecular formula is C15H19NO3. The molecule has 0 heterocycles. The van der Waals surface area contributed by atoms with E-state index in [0.29, 0.717) is 12.3 Å². The number of carboxylic acids is 1. The minimum atomic E-state index is -0.849. The number of benzene rings is 1. The molecule has 1 aromatic rings. The fourth-order valence-electron chi connectivity index (χ4n) is 2.31. The lowest BCUT2D eigenvalue weighted by Gasteiger charge is -2.11. The van der Waals surface area contributed by atoms with Crippen LogP contribution in [0.4, 0.5) is 0 Å². The molecule has 3 atom stereocenters. The van der Waals surface area contributed by atoms with Gasteiger partial charge in [-0.3, -0.25) is 9.59 Å². The van der Waals surface area contributed by atoms with Crippen LogP contribution in [-0.2, 0) is 9.59 Å². The molecule has 1 amide bonds. The molecule has 1 saturated carbocycles. The Hall–Kier alpha value is -1.84. The molecule has 1 aliphatic rings. The third kappa shape index (κ3) is 3.34. The molecule has 2 rings (SSSR count). The van der Waals surface area contributed by atoms with Crippen LogP contribution < -0.4 is 5.32 Å². The smallest absolute Gasteiger partial charge is 0.308 e. The molecule has 3 unspecified atom stereocenters. The lowest BCUT2D eigenvalue weighted by Crippen LogP contribution is -2.33. The second-order valence-corrected chi connectivity index (χ2v) is 5.05. The van der Waals surface area contributed by atoms with Crippen LogP contribution in [0.15, 0.2) is 30.3 Å². The van der Waals surface area contributed by atoms with Crippen molar-refractivity contribution in [2.45, 2.75) is 25.7 Å². The Labute approximate surface area is 112 Å². The van der Waals surface area contributed by atoms with Gasteiger partial charge in [0.05, 0.1) is 5.92 Å². The van der Waals surface area contributed by atoms with Crippen LogP contribution in [0.1, 0.15) is 31.2 Å². The minimum Gasteiger partial charge on any atom is -0.481 e. The summed E-state index contributed by atoms with van der Waals surface area (Å²) in [6, 6.07) is 9.97. The highest BCUT2D eigenvalue weighted by Gasteiger charge is 2.43. The Bertz CT molecular complexity index is 458. The van der Waals surface area contributed by atoms with Crippen LogP contribution in [0.25, 0.3) is 0 Å². The number of aliphatic carboxylic acids is 1. The number of hydrogen-bond donors (Lipinski definition) is 2. The van der Waals surface area contributed by atoms with Crippen molar-refractivity contribution in [3.8, 4) is 0 Å². The molecule has 1 fully saturated rings. The molecule has 102 valence electrons. The first-order valence-electron chi connectivity index (χ1n) is 6.69. The molecule has 0 aromatic heterocycles. The van der Waals surface area contributed by atoms with Gasteiger partial charge in [-0.25, -0.2) is 0 Å². The van der Waals surface area contributed by atoms with Crippen LogP contribution in [0, 0.1) is 11.8 Å². The number of carboxylic acid groups (broad SMARTS) is 1. The maximum atomic E-state index is 11.9. The first-order valence-corrected chi connectivity index (χ1v) is 6.69. The summed E-state index contributed by atoms with van der Waals surface area (Å²) >= 11 is 0. The Morgan fingerprint density at radius 3 is 2.63 bits per heavy atom. The van der Waals surface area contributed by atoms with Crippen molar-refractivity contribution in [1.29, 1.82) is 0 Å². The fourth-order valence-corrected chi connectivity index (χ4v) is 2.31. The molecule has 0 spiro atoms. The Morgan fingerprint density at radius 1 is 1.37 bits per heavy atom. The summed E-state index contributed by atoms with van der Waals surface area (Å²) in [5.41, 5.74) is 1.19. The number of amides is 1. The molecule has 4 nitrogen and oxygen atoms in total. The molecular weight excluding hydrogens is 242 g/mol. The number of rotatable bonds is 6. The van der Waals surface area contributed by atoms with E-state index in [9.17, 15) is 9.59 Å². The largest absolute Gasteiger partial charge is 0.481 e. The van der Waals surface area contributed by atoms with Gasteiger partial charge in [-0.15, -0.1) is 0 Å². The van der Waals surface area contributed by atoms with E-state index in [1.165, 1.54) is 5.56 Å². The van der Waals surface area contributed by atoms with Crippen LogP contribution in [-0.4, -0.2) is 23.5 Å². The zero-order valence-electron chi connectivity index (χ0n) is 11.0. The Morgan fingerprint density at radius 2 is 2.05 bits per heavy atom. The molecule has 4 heteroatoms. The van der Waals surface area contributed by atoms with E-state index in [2.05, 4.69) is 5.32 Å². The van der Waals surface area contributed by atoms with Crippen LogP contribution in [0.5, 0.6) is 0 Å².